The summed E-state index contributed by atoms with van der Waals surface area (Å²) >= 11 is 1.54. The number of para-hydroxylation sites is 1. The van der Waals surface area contributed by atoms with Crippen molar-refractivity contribution in [3.63, 3.8) is 0 Å². The molecule has 0 spiro atoms. The smallest absolute Gasteiger partial charge is 0.272 e. The van der Waals surface area contributed by atoms with Crippen LogP contribution < -0.4 is 26.4 Å². The first-order valence-corrected chi connectivity index (χ1v) is 14.7. The summed E-state index contributed by atoms with van der Waals surface area (Å²) in [6, 6.07) is 15.6. The molecule has 1 saturated heterocycles. The molecule has 2 aromatic carbocycles. The monoisotopic (exact) mass is 580 g/mol. The molecule has 0 aliphatic carbocycles. The van der Waals surface area contributed by atoms with E-state index >= 15 is 0 Å². The molecular formula is C32H32N6O3S. The molecule has 42 heavy (non-hydrogen) atoms. The topological polar surface area (TPSA) is 123 Å². The van der Waals surface area contributed by atoms with Crippen LogP contribution in [-0.2, 0) is 11.8 Å². The minimum absolute atomic E-state index is 0.116. The zero-order chi connectivity index (χ0) is 29.2. The number of hydrogen-bond donors (Lipinski definition) is 4. The van der Waals surface area contributed by atoms with E-state index in [2.05, 4.69) is 20.9 Å². The van der Waals surface area contributed by atoms with Gasteiger partial charge in [0.1, 0.15) is 17.3 Å². The Kier molecular flexibility index (Phi) is 7.64. The Morgan fingerprint density at radius 3 is 2.76 bits per heavy atom. The van der Waals surface area contributed by atoms with E-state index in [4.69, 9.17) is 10.5 Å². The first kappa shape index (κ1) is 27.5. The van der Waals surface area contributed by atoms with Crippen molar-refractivity contribution < 1.29 is 14.3 Å². The summed E-state index contributed by atoms with van der Waals surface area (Å²) in [6.45, 7) is 1.83. The highest BCUT2D eigenvalue weighted by atomic mass is 32.1. The number of fused-ring (bicyclic) bond motifs is 2. The normalized spacial score (nSPS) is 14.0. The van der Waals surface area contributed by atoms with Crippen LogP contribution in [0.5, 0.6) is 5.75 Å². The maximum absolute atomic E-state index is 13.2. The summed E-state index contributed by atoms with van der Waals surface area (Å²) in [5.74, 6) is 0.588. The van der Waals surface area contributed by atoms with Crippen LogP contribution in [0.3, 0.4) is 0 Å². The van der Waals surface area contributed by atoms with Crippen molar-refractivity contribution in [1.82, 2.24) is 20.2 Å². The number of amides is 2. The van der Waals surface area contributed by atoms with Gasteiger partial charge in [0.2, 0.25) is 5.91 Å². The number of anilines is 2. The number of nitrogens with zero attached hydrogens (tertiary/aromatic N) is 2. The van der Waals surface area contributed by atoms with Crippen LogP contribution in [0, 0.1) is 0 Å². The molecule has 10 heteroatoms. The van der Waals surface area contributed by atoms with Crippen molar-refractivity contribution in [2.24, 2.45) is 7.05 Å². The van der Waals surface area contributed by atoms with Crippen LogP contribution in [-0.4, -0.2) is 47.6 Å². The first-order valence-electron chi connectivity index (χ1n) is 13.8. The van der Waals surface area contributed by atoms with Gasteiger partial charge in [-0.25, -0.2) is 4.98 Å². The van der Waals surface area contributed by atoms with Gasteiger partial charge < -0.3 is 31.0 Å². The van der Waals surface area contributed by atoms with Crippen LogP contribution in [0.15, 0.2) is 66.2 Å². The van der Waals surface area contributed by atoms with Crippen molar-refractivity contribution in [3.8, 4) is 16.9 Å². The lowest BCUT2D eigenvalue weighted by Gasteiger charge is -2.22. The van der Waals surface area contributed by atoms with E-state index in [1.54, 1.807) is 36.8 Å². The van der Waals surface area contributed by atoms with E-state index in [9.17, 15) is 9.59 Å². The zero-order valence-electron chi connectivity index (χ0n) is 23.4. The number of pyridine rings is 1. The number of aryl methyl sites for hydroxylation is 1. The van der Waals surface area contributed by atoms with Gasteiger partial charge >= 0.3 is 0 Å². The Balaban J connectivity index is 1.25. The van der Waals surface area contributed by atoms with E-state index in [1.807, 2.05) is 65.5 Å². The van der Waals surface area contributed by atoms with Crippen LogP contribution >= 0.6 is 11.3 Å². The summed E-state index contributed by atoms with van der Waals surface area (Å²) < 4.78 is 8.50. The van der Waals surface area contributed by atoms with E-state index < -0.39 is 0 Å². The molecule has 1 aliphatic heterocycles. The predicted molar refractivity (Wildman–Crippen MR) is 170 cm³/mol. The summed E-state index contributed by atoms with van der Waals surface area (Å²) in [5.41, 5.74) is 11.1. The van der Waals surface area contributed by atoms with Gasteiger partial charge in [0.25, 0.3) is 5.91 Å². The van der Waals surface area contributed by atoms with Gasteiger partial charge in [0.15, 0.2) is 0 Å². The number of carbonyl (C=O) groups is 2. The molecule has 5 aromatic rings. The molecule has 1 aliphatic rings. The number of thiophene rings is 1. The molecule has 0 bridgehead atoms. The van der Waals surface area contributed by atoms with Crippen LogP contribution in [0.2, 0.25) is 0 Å². The Hall–Kier alpha value is -4.67. The van der Waals surface area contributed by atoms with Crippen molar-refractivity contribution in [3.05, 3.63) is 77.4 Å². The molecule has 9 nitrogen and oxygen atoms in total. The second-order valence-electron chi connectivity index (χ2n) is 10.3. The van der Waals surface area contributed by atoms with Crippen molar-refractivity contribution >= 4 is 61.7 Å². The first-order chi connectivity index (χ1) is 20.4. The number of piperidine rings is 1. The molecule has 4 heterocycles. The van der Waals surface area contributed by atoms with Crippen molar-refractivity contribution in [2.45, 2.75) is 18.9 Å². The molecule has 2 amide bonds. The molecule has 0 radical (unpaired) electrons. The number of methoxy groups -OCH3 is 1. The molecular weight excluding hydrogens is 548 g/mol. The largest absolute Gasteiger partial charge is 0.495 e. The van der Waals surface area contributed by atoms with Gasteiger partial charge in [0.05, 0.1) is 12.8 Å². The minimum atomic E-state index is -0.227. The van der Waals surface area contributed by atoms with Gasteiger partial charge in [-0.05, 0) is 67.2 Å². The van der Waals surface area contributed by atoms with Gasteiger partial charge in [-0.3, -0.25) is 9.59 Å². The van der Waals surface area contributed by atoms with Crippen molar-refractivity contribution in [1.29, 1.82) is 0 Å². The third-order valence-corrected chi connectivity index (χ3v) is 8.73. The molecule has 5 N–H and O–H groups in total. The lowest BCUT2D eigenvalue weighted by Crippen LogP contribution is -2.42. The maximum atomic E-state index is 13.2. The predicted octanol–water partition coefficient (Wildman–Crippen LogP) is 5.18. The third kappa shape index (κ3) is 5.34. The summed E-state index contributed by atoms with van der Waals surface area (Å²) in [7, 11) is 3.45. The van der Waals surface area contributed by atoms with Crippen LogP contribution in [0.4, 0.5) is 11.5 Å². The SMILES string of the molecule is COc1cc(-c2csc3c(/C=C\C(=O)NC4CCNCC4)cnc(N)c23)ccc1NC(=O)c1cc2ccccc2n1C. The number of nitrogens with two attached hydrogens (primary N) is 1. The number of aromatic nitrogens is 2. The number of rotatable bonds is 7. The number of nitrogens with one attached hydrogen (secondary N) is 3. The standard InChI is InChI=1S/C32H32N6O3S/c1-38-25-6-4-3-5-20(25)15-26(38)32(40)37-24-9-7-19(16-27(24)41-2)23-18-42-30-21(17-35-31(33)29(23)30)8-10-28(39)36-22-11-13-34-14-12-22/h3-10,15-18,22,34H,11-14H2,1-2H3,(H2,33,35)(H,36,39)(H,37,40)/b10-8-. The molecule has 0 atom stereocenters. The fourth-order valence-corrected chi connectivity index (χ4v) is 6.53. The highest BCUT2D eigenvalue weighted by Gasteiger charge is 2.19. The highest BCUT2D eigenvalue weighted by Crippen LogP contribution is 2.41. The summed E-state index contributed by atoms with van der Waals surface area (Å²) in [5, 5.41) is 13.2. The van der Waals surface area contributed by atoms with Gasteiger partial charge in [-0.15, -0.1) is 11.3 Å². The fraction of sp³-hybridized carbons (Fsp3) is 0.219. The van der Waals surface area contributed by atoms with Gasteiger partial charge in [-0.2, -0.15) is 0 Å². The second kappa shape index (κ2) is 11.7. The Morgan fingerprint density at radius 2 is 1.98 bits per heavy atom. The fourth-order valence-electron chi connectivity index (χ4n) is 5.45. The van der Waals surface area contributed by atoms with Crippen molar-refractivity contribution in [2.75, 3.05) is 31.2 Å². The number of hydrogen-bond acceptors (Lipinski definition) is 7. The average Bonchev–Trinajstić information content (AvgIpc) is 3.60. The molecule has 3 aromatic heterocycles. The second-order valence-corrected chi connectivity index (χ2v) is 11.2. The average molecular weight is 581 g/mol. The lowest BCUT2D eigenvalue weighted by molar-refractivity contribution is -0.117. The molecule has 0 saturated carbocycles. The van der Waals surface area contributed by atoms with Gasteiger partial charge in [0, 0.05) is 57.5 Å². The third-order valence-electron chi connectivity index (χ3n) is 7.70. The number of nitrogen functional groups attached to an aromatic ring is 1. The summed E-state index contributed by atoms with van der Waals surface area (Å²) in [6.07, 6.45) is 6.90. The molecule has 0 unspecified atom stereocenters. The van der Waals surface area contributed by atoms with E-state index in [0.717, 1.165) is 63.6 Å². The molecule has 1 fully saturated rings. The van der Waals surface area contributed by atoms with E-state index in [1.165, 1.54) is 0 Å². The Bertz CT molecular complexity index is 1830. The number of benzene rings is 2. The lowest BCUT2D eigenvalue weighted by atomic mass is 10.0. The Morgan fingerprint density at radius 1 is 1.17 bits per heavy atom. The zero-order valence-corrected chi connectivity index (χ0v) is 24.3. The molecule has 6 rings (SSSR count). The quantitative estimate of drug-likeness (QED) is 0.197. The molecule has 214 valence electrons. The number of carbonyl (C=O) groups excluding carboxylic acids is 2. The van der Waals surface area contributed by atoms with Gasteiger partial charge in [-0.1, -0.05) is 24.3 Å². The Labute approximate surface area is 247 Å². The van der Waals surface area contributed by atoms with Crippen LogP contribution in [0.1, 0.15) is 28.9 Å². The van der Waals surface area contributed by atoms with Crippen LogP contribution in [0.25, 0.3) is 38.2 Å². The number of ether oxygens (including phenoxy) is 1. The van der Waals surface area contributed by atoms with E-state index in [0.29, 0.717) is 22.9 Å². The maximum Gasteiger partial charge on any atom is 0.272 e. The summed E-state index contributed by atoms with van der Waals surface area (Å²) in [4.78, 5) is 30.2. The van der Waals surface area contributed by atoms with E-state index in [-0.39, 0.29) is 17.9 Å². The minimum Gasteiger partial charge on any atom is -0.495 e. The highest BCUT2D eigenvalue weighted by molar-refractivity contribution is 7.18.